The van der Waals surface area contributed by atoms with Crippen LogP contribution in [-0.4, -0.2) is 34.0 Å². The molecule has 1 heterocycles. The monoisotopic (exact) mass is 469 g/mol. The van der Waals surface area contributed by atoms with Gasteiger partial charge in [0.15, 0.2) is 0 Å². The summed E-state index contributed by atoms with van der Waals surface area (Å²) >= 11 is 0. The van der Waals surface area contributed by atoms with E-state index >= 15 is 0 Å². The van der Waals surface area contributed by atoms with Crippen LogP contribution in [0.4, 0.5) is 0 Å². The fourth-order valence-electron chi connectivity index (χ4n) is 4.30. The van der Waals surface area contributed by atoms with Crippen LogP contribution in [0.1, 0.15) is 48.6 Å². The maximum atomic E-state index is 13.7. The van der Waals surface area contributed by atoms with Gasteiger partial charge in [0.2, 0.25) is 0 Å². The van der Waals surface area contributed by atoms with Crippen molar-refractivity contribution >= 4 is 16.8 Å². The lowest BCUT2D eigenvalue weighted by molar-refractivity contribution is 0.0655. The number of rotatable bonds is 7. The molecule has 1 unspecified atom stereocenters. The van der Waals surface area contributed by atoms with Gasteiger partial charge in [-0.1, -0.05) is 38.1 Å². The number of methoxy groups -OCH3 is 1. The molecule has 0 N–H and O–H groups in total. The van der Waals surface area contributed by atoms with Crippen LogP contribution in [-0.2, 0) is 0 Å². The molecule has 0 spiro atoms. The summed E-state index contributed by atoms with van der Waals surface area (Å²) in [5.74, 6) is 1.32. The molecule has 0 saturated heterocycles. The van der Waals surface area contributed by atoms with E-state index in [4.69, 9.17) is 9.72 Å². The van der Waals surface area contributed by atoms with Gasteiger partial charge >= 0.3 is 0 Å². The minimum atomic E-state index is -0.454. The molecule has 0 aliphatic carbocycles. The Hall–Kier alpha value is -3.93. The largest absolute Gasteiger partial charge is 0.497 e. The number of aromatic nitrogens is 2. The molecule has 35 heavy (non-hydrogen) atoms. The van der Waals surface area contributed by atoms with Gasteiger partial charge in [-0.25, -0.2) is 4.98 Å². The molecule has 0 bridgehead atoms. The second kappa shape index (κ2) is 10.1. The summed E-state index contributed by atoms with van der Waals surface area (Å²) < 4.78 is 6.89. The van der Waals surface area contributed by atoms with Crippen molar-refractivity contribution in [3.05, 3.63) is 100 Å². The third-order valence-corrected chi connectivity index (χ3v) is 6.06. The number of ether oxygens (including phenoxy) is 1. The zero-order valence-corrected chi connectivity index (χ0v) is 20.9. The first kappa shape index (κ1) is 24.2. The van der Waals surface area contributed by atoms with Crippen molar-refractivity contribution < 1.29 is 9.53 Å². The molecule has 1 amide bonds. The van der Waals surface area contributed by atoms with E-state index in [0.29, 0.717) is 34.6 Å². The zero-order valence-electron chi connectivity index (χ0n) is 20.9. The van der Waals surface area contributed by atoms with Crippen molar-refractivity contribution in [3.8, 4) is 11.4 Å². The van der Waals surface area contributed by atoms with Crippen LogP contribution >= 0.6 is 0 Å². The summed E-state index contributed by atoms with van der Waals surface area (Å²) in [5.41, 5.74) is 2.80. The number of carbonyl (C=O) groups excluding carboxylic acids is 1. The van der Waals surface area contributed by atoms with E-state index in [-0.39, 0.29) is 17.4 Å². The Balaban J connectivity index is 1.89. The fraction of sp³-hybridized carbons (Fsp3) is 0.276. The Kier molecular flexibility index (Phi) is 7.01. The van der Waals surface area contributed by atoms with Crippen LogP contribution < -0.4 is 10.3 Å². The molecule has 1 atom stereocenters. The number of fused-ring (bicyclic) bond motifs is 1. The van der Waals surface area contributed by atoms with Crippen molar-refractivity contribution in [1.82, 2.24) is 14.5 Å². The Morgan fingerprint density at radius 3 is 2.37 bits per heavy atom. The molecule has 0 saturated carbocycles. The highest BCUT2D eigenvalue weighted by molar-refractivity contribution is 5.94. The number of hydrogen-bond acceptors (Lipinski definition) is 4. The van der Waals surface area contributed by atoms with Crippen molar-refractivity contribution in [2.24, 2.45) is 5.92 Å². The highest BCUT2D eigenvalue weighted by atomic mass is 16.5. The number of nitrogens with zero attached hydrogens (tertiary/aromatic N) is 3. The average molecular weight is 470 g/mol. The van der Waals surface area contributed by atoms with Crippen molar-refractivity contribution in [3.63, 3.8) is 0 Å². The Morgan fingerprint density at radius 1 is 1.00 bits per heavy atom. The van der Waals surface area contributed by atoms with Crippen molar-refractivity contribution in [2.45, 2.75) is 33.7 Å². The molecule has 180 valence electrons. The SMILES string of the molecule is COc1ccc(C(=O)N(CC(C)C)C(C)c2nc3ccccc3c(=O)n2-c2cccc(C)c2)cc1. The molecule has 0 radical (unpaired) electrons. The number of carbonyl (C=O) groups is 1. The summed E-state index contributed by atoms with van der Waals surface area (Å²) in [7, 11) is 1.60. The zero-order chi connectivity index (χ0) is 25.1. The molecule has 0 aliphatic rings. The van der Waals surface area contributed by atoms with Gasteiger partial charge in [-0.15, -0.1) is 0 Å². The lowest BCUT2D eigenvalue weighted by atomic mass is 10.1. The average Bonchev–Trinajstić information content (AvgIpc) is 2.86. The Bertz CT molecular complexity index is 1410. The van der Waals surface area contributed by atoms with E-state index < -0.39 is 6.04 Å². The maximum absolute atomic E-state index is 13.7. The summed E-state index contributed by atoms with van der Waals surface area (Å²) in [6.45, 7) is 8.59. The number of hydrogen-bond donors (Lipinski definition) is 0. The highest BCUT2D eigenvalue weighted by Crippen LogP contribution is 2.26. The second-order valence-electron chi connectivity index (χ2n) is 9.22. The smallest absolute Gasteiger partial charge is 0.266 e. The standard InChI is InChI=1S/C29H31N3O3/c1-19(2)18-31(28(33)22-13-15-24(35-5)16-14-22)21(4)27-30-26-12-7-6-11-25(26)29(34)32(27)23-10-8-9-20(3)17-23/h6-17,19,21H,18H2,1-5H3. The molecular weight excluding hydrogens is 438 g/mol. The number of aryl methyl sites for hydroxylation is 1. The normalized spacial score (nSPS) is 12.1. The third-order valence-electron chi connectivity index (χ3n) is 6.06. The molecule has 1 aromatic heterocycles. The minimum absolute atomic E-state index is 0.118. The molecule has 4 aromatic rings. The van der Waals surface area contributed by atoms with Crippen LogP contribution in [0.2, 0.25) is 0 Å². The van der Waals surface area contributed by atoms with E-state index in [9.17, 15) is 9.59 Å². The number of amides is 1. The molecule has 6 nitrogen and oxygen atoms in total. The van der Waals surface area contributed by atoms with Gasteiger partial charge < -0.3 is 9.64 Å². The quantitative estimate of drug-likeness (QED) is 0.355. The highest BCUT2D eigenvalue weighted by Gasteiger charge is 2.28. The van der Waals surface area contributed by atoms with Crippen LogP contribution in [0, 0.1) is 12.8 Å². The van der Waals surface area contributed by atoms with Crippen LogP contribution in [0.15, 0.2) is 77.6 Å². The van der Waals surface area contributed by atoms with Gasteiger partial charge in [0.05, 0.1) is 29.7 Å². The lowest BCUT2D eigenvalue weighted by Gasteiger charge is -2.32. The van der Waals surface area contributed by atoms with Crippen LogP contribution in [0.3, 0.4) is 0 Å². The third kappa shape index (κ3) is 4.97. The first-order valence-electron chi connectivity index (χ1n) is 11.8. The van der Waals surface area contributed by atoms with Gasteiger partial charge in [0.1, 0.15) is 11.6 Å². The Labute approximate surface area is 205 Å². The molecule has 4 rings (SSSR count). The van der Waals surface area contributed by atoms with Crippen molar-refractivity contribution in [1.29, 1.82) is 0 Å². The second-order valence-corrected chi connectivity index (χ2v) is 9.22. The van der Waals surface area contributed by atoms with Gasteiger partial charge in [-0.3, -0.25) is 14.2 Å². The van der Waals surface area contributed by atoms with E-state index in [1.165, 1.54) is 0 Å². The summed E-state index contributed by atoms with van der Waals surface area (Å²) in [5, 5.41) is 0.543. The predicted molar refractivity (Wildman–Crippen MR) is 139 cm³/mol. The summed E-state index contributed by atoms with van der Waals surface area (Å²) in [6.07, 6.45) is 0. The van der Waals surface area contributed by atoms with Gasteiger partial charge in [-0.2, -0.15) is 0 Å². The summed E-state index contributed by atoms with van der Waals surface area (Å²) in [4.78, 5) is 34.2. The Morgan fingerprint density at radius 2 is 1.71 bits per heavy atom. The van der Waals surface area contributed by atoms with E-state index in [0.717, 1.165) is 11.3 Å². The first-order chi connectivity index (χ1) is 16.8. The topological polar surface area (TPSA) is 64.4 Å². The molecule has 6 heteroatoms. The minimum Gasteiger partial charge on any atom is -0.497 e. The van der Waals surface area contributed by atoms with Gasteiger partial charge in [-0.05, 0) is 73.9 Å². The van der Waals surface area contributed by atoms with Crippen LogP contribution in [0.25, 0.3) is 16.6 Å². The lowest BCUT2D eigenvalue weighted by Crippen LogP contribution is -2.39. The van der Waals surface area contributed by atoms with E-state index in [2.05, 4.69) is 13.8 Å². The first-order valence-corrected chi connectivity index (χ1v) is 11.8. The molecular formula is C29H31N3O3. The summed E-state index contributed by atoms with van der Waals surface area (Å²) in [6, 6.07) is 21.8. The number of benzene rings is 3. The molecule has 0 fully saturated rings. The van der Waals surface area contributed by atoms with Crippen molar-refractivity contribution in [2.75, 3.05) is 13.7 Å². The van der Waals surface area contributed by atoms with Gasteiger partial charge in [0, 0.05) is 12.1 Å². The fourth-order valence-corrected chi connectivity index (χ4v) is 4.30. The van der Waals surface area contributed by atoms with Gasteiger partial charge in [0.25, 0.3) is 11.5 Å². The predicted octanol–water partition coefficient (Wildman–Crippen LogP) is 5.56. The maximum Gasteiger partial charge on any atom is 0.266 e. The van der Waals surface area contributed by atoms with Crippen LogP contribution in [0.5, 0.6) is 5.75 Å². The van der Waals surface area contributed by atoms with E-state index in [1.807, 2.05) is 56.3 Å². The van der Waals surface area contributed by atoms with E-state index in [1.54, 1.807) is 46.9 Å². The molecule has 3 aromatic carbocycles. The molecule has 0 aliphatic heterocycles. The number of para-hydroxylation sites is 1.